The first-order chi connectivity index (χ1) is 22.2. The Hall–Kier alpha value is -5.40. The molecule has 0 aliphatic carbocycles. The van der Waals surface area contributed by atoms with E-state index in [4.69, 9.17) is 16.3 Å². The first kappa shape index (κ1) is 32.0. The fourth-order valence-electron chi connectivity index (χ4n) is 5.23. The molecule has 1 aliphatic heterocycles. The second kappa shape index (κ2) is 14.1. The molecule has 2 heterocycles. The van der Waals surface area contributed by atoms with Gasteiger partial charge in [-0.1, -0.05) is 23.7 Å². The van der Waals surface area contributed by atoms with Crippen LogP contribution in [0.15, 0.2) is 73.1 Å². The summed E-state index contributed by atoms with van der Waals surface area (Å²) in [5.41, 5.74) is 3.18. The molecule has 4 aromatic rings. The molecule has 236 valence electrons. The average molecular weight is 644 g/mol. The zero-order chi connectivity index (χ0) is 32.8. The molecule has 0 fully saturated rings. The molecular weight excluding hydrogens is 614 g/mol. The van der Waals surface area contributed by atoms with E-state index in [0.717, 1.165) is 0 Å². The van der Waals surface area contributed by atoms with Crippen LogP contribution in [0.4, 0.5) is 5.69 Å². The maximum atomic E-state index is 13.9. The lowest BCUT2D eigenvalue weighted by Crippen LogP contribution is -2.45. The minimum atomic E-state index is -1.10. The standard InChI is InChI=1S/C32H30ClN7O6/c1-38(16-17-46-2)31(43)26-5-3-4-25-24(26)14-15-39(29(25)30(42)35-23-10-6-20(7-11-23)32(44)45)28(41)13-8-21-18-22(33)9-12-27(21)40-19-34-36-37-40/h3-13,18-19,29H,14-17H2,1-2H3,(H,35,42)(H,44,45)/b13-8+. The van der Waals surface area contributed by atoms with Crippen molar-refractivity contribution >= 4 is 47.1 Å². The first-order valence-corrected chi connectivity index (χ1v) is 14.6. The zero-order valence-electron chi connectivity index (χ0n) is 25.0. The summed E-state index contributed by atoms with van der Waals surface area (Å²) < 4.78 is 6.55. The van der Waals surface area contributed by atoms with E-state index in [9.17, 15) is 24.3 Å². The van der Waals surface area contributed by atoms with Crippen LogP contribution in [0, 0.1) is 0 Å². The number of fused-ring (bicyclic) bond motifs is 1. The molecule has 0 saturated heterocycles. The molecule has 0 spiro atoms. The summed E-state index contributed by atoms with van der Waals surface area (Å²) in [7, 11) is 3.23. The van der Waals surface area contributed by atoms with Crippen LogP contribution in [0.25, 0.3) is 11.8 Å². The average Bonchev–Trinajstić information content (AvgIpc) is 3.60. The van der Waals surface area contributed by atoms with Gasteiger partial charge in [0, 0.05) is 55.2 Å². The Morgan fingerprint density at radius 1 is 1.13 bits per heavy atom. The predicted octanol–water partition coefficient (Wildman–Crippen LogP) is 3.51. The van der Waals surface area contributed by atoms with Crippen LogP contribution in [0.1, 0.15) is 43.4 Å². The lowest BCUT2D eigenvalue weighted by atomic mass is 9.87. The summed E-state index contributed by atoms with van der Waals surface area (Å²) in [4.78, 5) is 55.5. The van der Waals surface area contributed by atoms with Crippen LogP contribution in [0.3, 0.4) is 0 Å². The van der Waals surface area contributed by atoms with Crippen molar-refractivity contribution in [2.75, 3.05) is 39.2 Å². The minimum Gasteiger partial charge on any atom is -0.478 e. The molecule has 0 bridgehead atoms. The number of carbonyl (C=O) groups is 4. The number of likely N-dealkylation sites (N-methyl/N-ethyl adjacent to an activating group) is 1. The Labute approximate surface area is 269 Å². The Bertz CT molecular complexity index is 1790. The number of aromatic carboxylic acids is 1. The molecule has 0 saturated carbocycles. The number of amides is 3. The van der Waals surface area contributed by atoms with Crippen molar-refractivity contribution in [3.8, 4) is 5.69 Å². The van der Waals surface area contributed by atoms with E-state index < -0.39 is 23.8 Å². The number of rotatable bonds is 10. The second-order valence-electron chi connectivity index (χ2n) is 10.4. The number of hydrogen-bond donors (Lipinski definition) is 2. The Morgan fingerprint density at radius 3 is 2.61 bits per heavy atom. The third-order valence-corrected chi connectivity index (χ3v) is 7.79. The smallest absolute Gasteiger partial charge is 0.335 e. The predicted molar refractivity (Wildman–Crippen MR) is 169 cm³/mol. The van der Waals surface area contributed by atoms with Crippen LogP contribution in [-0.2, 0) is 20.7 Å². The van der Waals surface area contributed by atoms with Crippen molar-refractivity contribution in [3.05, 3.63) is 106 Å². The molecule has 1 unspecified atom stereocenters. The molecule has 3 aromatic carbocycles. The van der Waals surface area contributed by atoms with E-state index >= 15 is 0 Å². The quantitative estimate of drug-likeness (QED) is 0.247. The van der Waals surface area contributed by atoms with Crippen molar-refractivity contribution in [2.24, 2.45) is 0 Å². The number of anilines is 1. The summed E-state index contributed by atoms with van der Waals surface area (Å²) in [5, 5.41) is 23.8. The van der Waals surface area contributed by atoms with Gasteiger partial charge in [0.25, 0.3) is 11.8 Å². The van der Waals surface area contributed by atoms with E-state index in [-0.39, 0.29) is 18.0 Å². The summed E-state index contributed by atoms with van der Waals surface area (Å²) in [6.07, 6.45) is 4.67. The number of carbonyl (C=O) groups excluding carboxylic acids is 3. The summed E-state index contributed by atoms with van der Waals surface area (Å²) in [5.74, 6) is -2.31. The van der Waals surface area contributed by atoms with Crippen LogP contribution in [0.5, 0.6) is 0 Å². The molecule has 3 amide bonds. The van der Waals surface area contributed by atoms with Gasteiger partial charge in [0.1, 0.15) is 12.4 Å². The highest BCUT2D eigenvalue weighted by atomic mass is 35.5. The van der Waals surface area contributed by atoms with Gasteiger partial charge in [-0.2, -0.15) is 4.68 Å². The second-order valence-corrected chi connectivity index (χ2v) is 10.9. The Morgan fingerprint density at radius 2 is 1.91 bits per heavy atom. The van der Waals surface area contributed by atoms with E-state index in [2.05, 4.69) is 20.8 Å². The molecule has 13 nitrogen and oxygen atoms in total. The third-order valence-electron chi connectivity index (χ3n) is 7.55. The molecule has 2 N–H and O–H groups in total. The Kier molecular flexibility index (Phi) is 9.84. The van der Waals surface area contributed by atoms with Gasteiger partial charge in [-0.15, -0.1) is 5.10 Å². The highest BCUT2D eigenvalue weighted by Crippen LogP contribution is 2.34. The molecule has 14 heteroatoms. The van der Waals surface area contributed by atoms with Gasteiger partial charge in [0.05, 0.1) is 17.9 Å². The van der Waals surface area contributed by atoms with Crippen LogP contribution < -0.4 is 5.32 Å². The molecular formula is C32H30ClN7O6. The first-order valence-electron chi connectivity index (χ1n) is 14.2. The van der Waals surface area contributed by atoms with E-state index in [1.54, 1.807) is 61.5 Å². The molecule has 1 aromatic heterocycles. The van der Waals surface area contributed by atoms with Crippen molar-refractivity contribution in [1.29, 1.82) is 0 Å². The number of ether oxygens (including phenoxy) is 1. The lowest BCUT2D eigenvalue weighted by Gasteiger charge is -2.37. The molecule has 5 rings (SSSR count). The van der Waals surface area contributed by atoms with E-state index in [1.165, 1.54) is 46.3 Å². The number of halogens is 1. The van der Waals surface area contributed by atoms with Crippen LogP contribution in [0.2, 0.25) is 5.02 Å². The largest absolute Gasteiger partial charge is 0.478 e. The number of benzene rings is 3. The number of carboxylic acid groups (broad SMARTS) is 1. The van der Waals surface area contributed by atoms with E-state index in [0.29, 0.717) is 58.2 Å². The van der Waals surface area contributed by atoms with Gasteiger partial charge < -0.3 is 25.0 Å². The van der Waals surface area contributed by atoms with Gasteiger partial charge in [-0.05, 0) is 82.6 Å². The van der Waals surface area contributed by atoms with Gasteiger partial charge in [-0.25, -0.2) is 4.79 Å². The molecule has 1 atom stereocenters. The number of nitrogens with zero attached hydrogens (tertiary/aromatic N) is 6. The maximum Gasteiger partial charge on any atom is 0.335 e. The topological polar surface area (TPSA) is 160 Å². The number of nitrogens with one attached hydrogen (secondary N) is 1. The highest BCUT2D eigenvalue weighted by molar-refractivity contribution is 6.30. The van der Waals surface area contributed by atoms with Crippen molar-refractivity contribution in [3.63, 3.8) is 0 Å². The van der Waals surface area contributed by atoms with Gasteiger partial charge in [-0.3, -0.25) is 14.4 Å². The van der Waals surface area contributed by atoms with Crippen molar-refractivity contribution in [1.82, 2.24) is 30.0 Å². The van der Waals surface area contributed by atoms with Gasteiger partial charge in [0.2, 0.25) is 5.91 Å². The summed E-state index contributed by atoms with van der Waals surface area (Å²) in [6.45, 7) is 0.883. The summed E-state index contributed by atoms with van der Waals surface area (Å²) >= 11 is 6.24. The summed E-state index contributed by atoms with van der Waals surface area (Å²) in [6, 6.07) is 14.8. The normalized spacial score (nSPS) is 14.2. The molecule has 1 aliphatic rings. The minimum absolute atomic E-state index is 0.0609. The monoisotopic (exact) mass is 643 g/mol. The van der Waals surface area contributed by atoms with Gasteiger partial charge in [0.15, 0.2) is 0 Å². The number of methoxy groups -OCH3 is 1. The highest BCUT2D eigenvalue weighted by Gasteiger charge is 2.37. The SMILES string of the molecule is COCCN(C)C(=O)c1cccc2c1CCN(C(=O)/C=C/c1cc(Cl)ccc1-n1cnnn1)C2C(=O)Nc1ccc(C(=O)O)cc1. The molecule has 0 radical (unpaired) electrons. The molecule has 46 heavy (non-hydrogen) atoms. The number of tetrazole rings is 1. The fraction of sp³-hybridized carbons (Fsp3) is 0.219. The van der Waals surface area contributed by atoms with E-state index in [1.807, 2.05) is 0 Å². The number of hydrogen-bond acceptors (Lipinski definition) is 8. The van der Waals surface area contributed by atoms with Gasteiger partial charge >= 0.3 is 5.97 Å². The zero-order valence-corrected chi connectivity index (χ0v) is 25.7. The van der Waals surface area contributed by atoms with Crippen molar-refractivity contribution in [2.45, 2.75) is 12.5 Å². The third kappa shape index (κ3) is 6.95. The number of carboxylic acids is 1. The van der Waals surface area contributed by atoms with Crippen molar-refractivity contribution < 1.29 is 29.0 Å². The number of aromatic nitrogens is 4. The fourth-order valence-corrected chi connectivity index (χ4v) is 5.41. The Balaban J connectivity index is 1.50. The lowest BCUT2D eigenvalue weighted by molar-refractivity contribution is -0.135. The van der Waals surface area contributed by atoms with Crippen LogP contribution >= 0.6 is 11.6 Å². The van der Waals surface area contributed by atoms with Crippen LogP contribution in [-0.4, -0.2) is 92.7 Å². The maximum absolute atomic E-state index is 13.9.